The number of nitrogens with one attached hydrogen (secondary N) is 2. The SMILES string of the molecule is Fc1ccc(C[NH+]2CCN(c3cccc[nH+]3)CC2)c(F)c1. The Morgan fingerprint density at radius 1 is 1.10 bits per heavy atom. The maximum atomic E-state index is 13.7. The quantitative estimate of drug-likeness (QED) is 0.883. The van der Waals surface area contributed by atoms with Gasteiger partial charge in [0.15, 0.2) is 0 Å². The molecule has 2 aromatic rings. The minimum atomic E-state index is -0.518. The fraction of sp³-hybridized carbons (Fsp3) is 0.312. The van der Waals surface area contributed by atoms with E-state index in [1.807, 2.05) is 18.3 Å². The molecule has 3 rings (SSSR count). The maximum absolute atomic E-state index is 13.7. The first-order chi connectivity index (χ1) is 10.2. The van der Waals surface area contributed by atoms with Gasteiger partial charge < -0.3 is 4.90 Å². The minimum Gasteiger partial charge on any atom is -0.325 e. The molecule has 2 N–H and O–H groups in total. The van der Waals surface area contributed by atoms with Crippen molar-refractivity contribution in [2.45, 2.75) is 6.54 Å². The summed E-state index contributed by atoms with van der Waals surface area (Å²) in [6.45, 7) is 4.36. The normalized spacial score (nSPS) is 16.2. The minimum absolute atomic E-state index is 0.443. The number of quaternary nitrogens is 1. The largest absolute Gasteiger partial charge is 0.325 e. The third-order valence-corrected chi connectivity index (χ3v) is 3.96. The molecule has 1 aromatic heterocycles. The van der Waals surface area contributed by atoms with Gasteiger partial charge in [-0.05, 0) is 18.2 Å². The molecule has 0 unspecified atom stereocenters. The number of hydrogen-bond acceptors (Lipinski definition) is 1. The molecule has 21 heavy (non-hydrogen) atoms. The number of pyridine rings is 1. The Morgan fingerprint density at radius 3 is 2.57 bits per heavy atom. The van der Waals surface area contributed by atoms with Crippen LogP contribution in [0.1, 0.15) is 5.56 Å². The zero-order chi connectivity index (χ0) is 14.7. The van der Waals surface area contributed by atoms with Crippen molar-refractivity contribution in [2.75, 3.05) is 31.1 Å². The highest BCUT2D eigenvalue weighted by molar-refractivity contribution is 5.32. The first kappa shape index (κ1) is 13.9. The lowest BCUT2D eigenvalue weighted by molar-refractivity contribution is -0.914. The molecule has 0 bridgehead atoms. The van der Waals surface area contributed by atoms with E-state index in [-0.39, 0.29) is 0 Å². The molecule has 0 saturated carbocycles. The van der Waals surface area contributed by atoms with E-state index in [0.29, 0.717) is 12.1 Å². The number of benzene rings is 1. The summed E-state index contributed by atoms with van der Waals surface area (Å²) in [5.41, 5.74) is 0.589. The van der Waals surface area contributed by atoms with Crippen molar-refractivity contribution in [3.8, 4) is 0 Å². The van der Waals surface area contributed by atoms with E-state index in [4.69, 9.17) is 0 Å². The Hall–Kier alpha value is -2.01. The fourth-order valence-corrected chi connectivity index (χ4v) is 2.76. The molecule has 2 heterocycles. The number of hydrogen-bond donors (Lipinski definition) is 1. The standard InChI is InChI=1S/C16H17F2N3/c17-14-5-4-13(15(18)11-14)12-20-7-9-21(10-8-20)16-3-1-2-6-19-16/h1-6,11H,7-10,12H2/p+2. The van der Waals surface area contributed by atoms with Gasteiger partial charge in [-0.25, -0.2) is 13.8 Å². The summed E-state index contributed by atoms with van der Waals surface area (Å²) in [6.07, 6.45) is 1.92. The van der Waals surface area contributed by atoms with Gasteiger partial charge >= 0.3 is 0 Å². The second-order valence-corrected chi connectivity index (χ2v) is 5.40. The summed E-state index contributed by atoms with van der Waals surface area (Å²) in [7, 11) is 0. The Labute approximate surface area is 122 Å². The predicted octanol–water partition coefficient (Wildman–Crippen LogP) is 0.684. The average Bonchev–Trinajstić information content (AvgIpc) is 2.52. The molecule has 0 amide bonds. The number of H-pyrrole nitrogens is 1. The van der Waals surface area contributed by atoms with Gasteiger partial charge in [0, 0.05) is 17.7 Å². The van der Waals surface area contributed by atoms with Gasteiger partial charge in [-0.3, -0.25) is 4.90 Å². The summed E-state index contributed by atoms with van der Waals surface area (Å²) in [5, 5.41) is 0. The number of aromatic nitrogens is 1. The van der Waals surface area contributed by atoms with E-state index in [1.54, 1.807) is 6.07 Å². The Kier molecular flexibility index (Phi) is 4.10. The van der Waals surface area contributed by atoms with Crippen LogP contribution < -0.4 is 14.8 Å². The van der Waals surface area contributed by atoms with Crippen molar-refractivity contribution >= 4 is 5.82 Å². The van der Waals surface area contributed by atoms with Crippen LogP contribution in [0.4, 0.5) is 14.6 Å². The third kappa shape index (κ3) is 3.36. The fourth-order valence-electron chi connectivity index (χ4n) is 2.76. The van der Waals surface area contributed by atoms with Gasteiger partial charge in [-0.1, -0.05) is 6.07 Å². The van der Waals surface area contributed by atoms with E-state index < -0.39 is 11.6 Å². The van der Waals surface area contributed by atoms with Crippen molar-refractivity contribution in [1.82, 2.24) is 0 Å². The van der Waals surface area contributed by atoms with Gasteiger partial charge in [0.25, 0.3) is 5.82 Å². The first-order valence-corrected chi connectivity index (χ1v) is 7.21. The van der Waals surface area contributed by atoms with Gasteiger partial charge in [-0.2, -0.15) is 0 Å². The van der Waals surface area contributed by atoms with Crippen LogP contribution in [-0.4, -0.2) is 26.2 Å². The lowest BCUT2D eigenvalue weighted by Crippen LogP contribution is -3.13. The average molecular weight is 291 g/mol. The van der Waals surface area contributed by atoms with Crippen LogP contribution >= 0.6 is 0 Å². The number of rotatable bonds is 3. The number of piperazine rings is 1. The Bertz CT molecular complexity index is 596. The Morgan fingerprint density at radius 2 is 1.90 bits per heavy atom. The monoisotopic (exact) mass is 291 g/mol. The predicted molar refractivity (Wildman–Crippen MR) is 76.0 cm³/mol. The number of nitrogens with zero attached hydrogens (tertiary/aromatic N) is 1. The molecular formula is C16H19F2N3+2. The van der Waals surface area contributed by atoms with Crippen molar-refractivity contribution < 1.29 is 18.7 Å². The van der Waals surface area contributed by atoms with E-state index in [9.17, 15) is 8.78 Å². The molecule has 1 saturated heterocycles. The summed E-state index contributed by atoms with van der Waals surface area (Å²) in [6, 6.07) is 9.87. The summed E-state index contributed by atoms with van der Waals surface area (Å²) >= 11 is 0. The van der Waals surface area contributed by atoms with E-state index >= 15 is 0 Å². The molecule has 0 aliphatic carbocycles. The zero-order valence-corrected chi connectivity index (χ0v) is 11.8. The lowest BCUT2D eigenvalue weighted by Gasteiger charge is -2.28. The molecule has 5 heteroatoms. The molecule has 0 radical (unpaired) electrons. The molecule has 1 aliphatic rings. The molecular weight excluding hydrogens is 272 g/mol. The summed E-state index contributed by atoms with van der Waals surface area (Å²) in [5.74, 6) is 0.154. The molecule has 1 aromatic carbocycles. The van der Waals surface area contributed by atoms with E-state index in [0.717, 1.165) is 38.1 Å². The number of anilines is 1. The van der Waals surface area contributed by atoms with E-state index in [1.165, 1.54) is 11.0 Å². The highest BCUT2D eigenvalue weighted by Crippen LogP contribution is 2.09. The van der Waals surface area contributed by atoms with Crippen LogP contribution in [0.2, 0.25) is 0 Å². The molecule has 110 valence electrons. The topological polar surface area (TPSA) is 21.8 Å². The Balaban J connectivity index is 1.59. The van der Waals surface area contributed by atoms with Crippen LogP contribution in [-0.2, 0) is 6.54 Å². The summed E-state index contributed by atoms with van der Waals surface area (Å²) < 4.78 is 26.6. The molecule has 0 atom stereocenters. The molecule has 1 fully saturated rings. The first-order valence-electron chi connectivity index (χ1n) is 7.21. The van der Waals surface area contributed by atoms with Crippen LogP contribution in [0, 0.1) is 11.6 Å². The highest BCUT2D eigenvalue weighted by Gasteiger charge is 2.26. The van der Waals surface area contributed by atoms with Gasteiger partial charge in [0.1, 0.15) is 44.4 Å². The number of aromatic amines is 1. The second kappa shape index (κ2) is 6.18. The third-order valence-electron chi connectivity index (χ3n) is 3.96. The van der Waals surface area contributed by atoms with Crippen LogP contribution in [0.25, 0.3) is 0 Å². The summed E-state index contributed by atoms with van der Waals surface area (Å²) in [4.78, 5) is 6.86. The smallest absolute Gasteiger partial charge is 0.274 e. The molecule has 1 aliphatic heterocycles. The van der Waals surface area contributed by atoms with Crippen molar-refractivity contribution in [3.05, 3.63) is 59.8 Å². The van der Waals surface area contributed by atoms with Crippen molar-refractivity contribution in [2.24, 2.45) is 0 Å². The molecule has 3 nitrogen and oxygen atoms in total. The van der Waals surface area contributed by atoms with Crippen LogP contribution in [0.3, 0.4) is 0 Å². The zero-order valence-electron chi connectivity index (χ0n) is 11.8. The van der Waals surface area contributed by atoms with E-state index in [2.05, 4.69) is 16.0 Å². The van der Waals surface area contributed by atoms with Crippen LogP contribution in [0.15, 0.2) is 42.6 Å². The van der Waals surface area contributed by atoms with Gasteiger partial charge in [0.05, 0.1) is 6.20 Å². The van der Waals surface area contributed by atoms with Gasteiger partial charge in [0.2, 0.25) is 0 Å². The van der Waals surface area contributed by atoms with Crippen molar-refractivity contribution in [1.29, 1.82) is 0 Å². The van der Waals surface area contributed by atoms with Crippen molar-refractivity contribution in [3.63, 3.8) is 0 Å². The maximum Gasteiger partial charge on any atom is 0.274 e. The van der Waals surface area contributed by atoms with Gasteiger partial charge in [-0.15, -0.1) is 0 Å². The molecule has 0 spiro atoms. The van der Waals surface area contributed by atoms with Crippen LogP contribution in [0.5, 0.6) is 0 Å². The number of halogens is 2. The second-order valence-electron chi connectivity index (χ2n) is 5.40. The lowest BCUT2D eigenvalue weighted by atomic mass is 10.2. The highest BCUT2D eigenvalue weighted by atomic mass is 19.1.